The van der Waals surface area contributed by atoms with Crippen molar-refractivity contribution in [1.29, 1.82) is 0 Å². The molecule has 2 rings (SSSR count). The van der Waals surface area contributed by atoms with Crippen molar-refractivity contribution in [2.24, 2.45) is 5.41 Å². The van der Waals surface area contributed by atoms with E-state index in [4.69, 9.17) is 5.11 Å². The Morgan fingerprint density at radius 2 is 1.95 bits per heavy atom. The summed E-state index contributed by atoms with van der Waals surface area (Å²) in [5, 5.41) is 14.4. The zero-order chi connectivity index (χ0) is 14.4. The molecule has 0 atom stereocenters. The van der Waals surface area contributed by atoms with E-state index in [-0.39, 0.29) is 12.0 Å². The van der Waals surface area contributed by atoms with Crippen LogP contribution in [0.25, 0.3) is 0 Å². The van der Waals surface area contributed by atoms with Gasteiger partial charge in [-0.15, -0.1) is 0 Å². The molecule has 0 radical (unpaired) electrons. The van der Waals surface area contributed by atoms with Gasteiger partial charge < -0.3 is 15.7 Å². The molecule has 0 aromatic rings. The van der Waals surface area contributed by atoms with E-state index in [1.54, 1.807) is 0 Å². The quantitative estimate of drug-likeness (QED) is 0.499. The highest BCUT2D eigenvalue weighted by atomic mass is 16.3. The topological polar surface area (TPSA) is 78.4 Å². The maximum absolute atomic E-state index is 11.6. The van der Waals surface area contributed by atoms with E-state index >= 15 is 0 Å². The number of hydrogen-bond acceptors (Lipinski definition) is 3. The van der Waals surface area contributed by atoms with Gasteiger partial charge in [0, 0.05) is 18.5 Å². The van der Waals surface area contributed by atoms with Crippen LogP contribution in [-0.2, 0) is 9.59 Å². The van der Waals surface area contributed by atoms with Gasteiger partial charge in [-0.1, -0.05) is 11.6 Å². The van der Waals surface area contributed by atoms with Crippen molar-refractivity contribution in [2.75, 3.05) is 19.7 Å². The molecule has 1 saturated carbocycles. The molecule has 2 aliphatic carbocycles. The molecule has 5 nitrogen and oxygen atoms in total. The van der Waals surface area contributed by atoms with Crippen molar-refractivity contribution in [3.63, 3.8) is 0 Å². The van der Waals surface area contributed by atoms with Gasteiger partial charge in [0.1, 0.15) is 0 Å². The standard InChI is InChI=1S/C15H24N2O3/c18-11-15(7-8-15)10-17-14(20)13(19)16-9-6-12-4-2-1-3-5-12/h4,18H,1-3,5-11H2,(H,16,19)(H,17,20). The summed E-state index contributed by atoms with van der Waals surface area (Å²) in [6.07, 6.45) is 9.63. The Kier molecular flexibility index (Phi) is 5.17. The first-order chi connectivity index (χ1) is 9.65. The molecular weight excluding hydrogens is 256 g/mol. The molecule has 0 aromatic heterocycles. The number of allylic oxidation sites excluding steroid dienone is 1. The van der Waals surface area contributed by atoms with Crippen LogP contribution in [0.4, 0.5) is 0 Å². The van der Waals surface area contributed by atoms with Gasteiger partial charge >= 0.3 is 11.8 Å². The Balaban J connectivity index is 1.61. The Labute approximate surface area is 119 Å². The van der Waals surface area contributed by atoms with Crippen molar-refractivity contribution in [2.45, 2.75) is 44.9 Å². The summed E-state index contributed by atoms with van der Waals surface area (Å²) in [4.78, 5) is 23.2. The number of amides is 2. The Morgan fingerprint density at radius 1 is 1.20 bits per heavy atom. The fraction of sp³-hybridized carbons (Fsp3) is 0.733. The molecule has 2 amide bonds. The van der Waals surface area contributed by atoms with Gasteiger partial charge in [-0.2, -0.15) is 0 Å². The van der Waals surface area contributed by atoms with E-state index in [0.717, 1.165) is 32.1 Å². The molecule has 0 bridgehead atoms. The highest BCUT2D eigenvalue weighted by Crippen LogP contribution is 2.44. The van der Waals surface area contributed by atoms with E-state index in [0.29, 0.717) is 13.1 Å². The SMILES string of the molecule is O=C(NCCC1=CCCCC1)C(=O)NCC1(CO)CC1. The lowest BCUT2D eigenvalue weighted by molar-refractivity contribution is -0.139. The highest BCUT2D eigenvalue weighted by Gasteiger charge is 2.42. The predicted molar refractivity (Wildman–Crippen MR) is 75.9 cm³/mol. The summed E-state index contributed by atoms with van der Waals surface area (Å²) < 4.78 is 0. The molecule has 20 heavy (non-hydrogen) atoms. The summed E-state index contributed by atoms with van der Waals surface area (Å²) in [7, 11) is 0. The molecule has 2 aliphatic rings. The number of nitrogens with one attached hydrogen (secondary N) is 2. The first-order valence-electron chi connectivity index (χ1n) is 7.50. The first kappa shape index (κ1) is 15.0. The zero-order valence-corrected chi connectivity index (χ0v) is 11.9. The molecule has 0 heterocycles. The van der Waals surface area contributed by atoms with Crippen molar-refractivity contribution >= 4 is 11.8 Å². The van der Waals surface area contributed by atoms with Gasteiger partial charge in [-0.3, -0.25) is 9.59 Å². The minimum atomic E-state index is -0.595. The second-order valence-electron chi connectivity index (χ2n) is 5.95. The van der Waals surface area contributed by atoms with Gasteiger partial charge in [0.05, 0.1) is 6.61 Å². The zero-order valence-electron chi connectivity index (χ0n) is 11.9. The third kappa shape index (κ3) is 4.34. The van der Waals surface area contributed by atoms with Crippen LogP contribution in [0.5, 0.6) is 0 Å². The van der Waals surface area contributed by atoms with E-state index in [1.807, 2.05) is 0 Å². The summed E-state index contributed by atoms with van der Waals surface area (Å²) in [6.45, 7) is 0.979. The number of rotatable bonds is 6. The van der Waals surface area contributed by atoms with Crippen LogP contribution in [0.15, 0.2) is 11.6 Å². The van der Waals surface area contributed by atoms with Crippen molar-refractivity contribution in [3.05, 3.63) is 11.6 Å². The van der Waals surface area contributed by atoms with Gasteiger partial charge in [0.2, 0.25) is 0 Å². The second kappa shape index (κ2) is 6.88. The number of carbonyl (C=O) groups is 2. The summed E-state index contributed by atoms with van der Waals surface area (Å²) in [5.74, 6) is -1.17. The minimum Gasteiger partial charge on any atom is -0.396 e. The van der Waals surface area contributed by atoms with Crippen molar-refractivity contribution < 1.29 is 14.7 Å². The minimum absolute atomic E-state index is 0.0725. The Morgan fingerprint density at radius 3 is 2.55 bits per heavy atom. The molecule has 1 fully saturated rings. The number of carbonyl (C=O) groups excluding carboxylic acids is 2. The van der Waals surface area contributed by atoms with E-state index < -0.39 is 11.8 Å². The van der Waals surface area contributed by atoms with Gasteiger partial charge in [-0.05, 0) is 44.9 Å². The normalized spacial score (nSPS) is 19.9. The maximum atomic E-state index is 11.6. The van der Waals surface area contributed by atoms with Gasteiger partial charge in [0.25, 0.3) is 0 Å². The maximum Gasteiger partial charge on any atom is 0.309 e. The molecule has 112 valence electrons. The Bertz CT molecular complexity index is 400. The van der Waals surface area contributed by atoms with E-state index in [2.05, 4.69) is 16.7 Å². The monoisotopic (exact) mass is 280 g/mol. The van der Waals surface area contributed by atoms with Crippen LogP contribution < -0.4 is 10.6 Å². The first-order valence-corrected chi connectivity index (χ1v) is 7.50. The Hall–Kier alpha value is -1.36. The predicted octanol–water partition coefficient (Wildman–Crippen LogP) is 0.882. The molecule has 3 N–H and O–H groups in total. The molecule has 0 saturated heterocycles. The van der Waals surface area contributed by atoms with Crippen LogP contribution in [0, 0.1) is 5.41 Å². The average molecular weight is 280 g/mol. The van der Waals surface area contributed by atoms with Gasteiger partial charge in [0.15, 0.2) is 0 Å². The fourth-order valence-corrected chi connectivity index (χ4v) is 2.46. The summed E-state index contributed by atoms with van der Waals surface area (Å²) in [5.41, 5.74) is 1.22. The fourth-order valence-electron chi connectivity index (χ4n) is 2.46. The van der Waals surface area contributed by atoms with Crippen LogP contribution in [-0.4, -0.2) is 36.6 Å². The number of aliphatic hydroxyl groups is 1. The van der Waals surface area contributed by atoms with Crippen LogP contribution in [0.2, 0.25) is 0 Å². The average Bonchev–Trinajstić information content (AvgIpc) is 3.26. The molecule has 0 unspecified atom stereocenters. The van der Waals surface area contributed by atoms with Crippen molar-refractivity contribution in [1.82, 2.24) is 10.6 Å². The van der Waals surface area contributed by atoms with E-state index in [9.17, 15) is 9.59 Å². The van der Waals surface area contributed by atoms with Gasteiger partial charge in [-0.25, -0.2) is 0 Å². The summed E-state index contributed by atoms with van der Waals surface area (Å²) in [6, 6.07) is 0. The second-order valence-corrected chi connectivity index (χ2v) is 5.95. The number of aliphatic hydroxyl groups excluding tert-OH is 1. The third-order valence-corrected chi connectivity index (χ3v) is 4.24. The lowest BCUT2D eigenvalue weighted by Gasteiger charge is -2.14. The van der Waals surface area contributed by atoms with Crippen LogP contribution in [0.1, 0.15) is 44.9 Å². The van der Waals surface area contributed by atoms with E-state index in [1.165, 1.54) is 18.4 Å². The molecular formula is C15H24N2O3. The van der Waals surface area contributed by atoms with Crippen LogP contribution in [0.3, 0.4) is 0 Å². The molecule has 0 aliphatic heterocycles. The third-order valence-electron chi connectivity index (χ3n) is 4.24. The molecule has 0 aromatic carbocycles. The van der Waals surface area contributed by atoms with Crippen LogP contribution >= 0.6 is 0 Å². The summed E-state index contributed by atoms with van der Waals surface area (Å²) >= 11 is 0. The smallest absolute Gasteiger partial charge is 0.309 e. The highest BCUT2D eigenvalue weighted by molar-refractivity contribution is 6.35. The largest absolute Gasteiger partial charge is 0.396 e. The molecule has 5 heteroatoms. The lowest BCUT2D eigenvalue weighted by atomic mass is 9.97. The number of hydrogen-bond donors (Lipinski definition) is 3. The lowest BCUT2D eigenvalue weighted by Crippen LogP contribution is -2.42. The van der Waals surface area contributed by atoms with Crippen molar-refractivity contribution in [3.8, 4) is 0 Å². The molecule has 0 spiro atoms.